The van der Waals surface area contributed by atoms with Crippen LogP contribution in [0.25, 0.3) is 0 Å². The molecule has 1 aromatic carbocycles. The van der Waals surface area contributed by atoms with Gasteiger partial charge in [0.2, 0.25) is 0 Å². The van der Waals surface area contributed by atoms with Crippen LogP contribution in [0.3, 0.4) is 0 Å². The minimum Gasteiger partial charge on any atom is -0.497 e. The number of rotatable bonds is 6. The molecule has 6 nitrogen and oxygen atoms in total. The molecule has 2 N–H and O–H groups in total. The number of ether oxygens (including phenoxy) is 1. The highest BCUT2D eigenvalue weighted by molar-refractivity contribution is 5.88. The van der Waals surface area contributed by atoms with E-state index in [1.165, 1.54) is 12.8 Å². The lowest BCUT2D eigenvalue weighted by atomic mass is 10.1. The average molecular weight is 340 g/mol. The Kier molecular flexibility index (Phi) is 5.85. The van der Waals surface area contributed by atoms with E-state index in [0.717, 1.165) is 24.4 Å². The third-order valence-electron chi connectivity index (χ3n) is 4.44. The van der Waals surface area contributed by atoms with Gasteiger partial charge in [0.05, 0.1) is 25.0 Å². The lowest BCUT2D eigenvalue weighted by Gasteiger charge is -2.28. The van der Waals surface area contributed by atoms with Gasteiger partial charge in [-0.05, 0) is 55.8 Å². The average Bonchev–Trinajstić information content (AvgIpc) is 3.17. The SMILES string of the molecule is COc1cccc([C@@H](CNC(=O)Nc2cccnc2)N2CCCC2)c1. The van der Waals surface area contributed by atoms with Crippen LogP contribution < -0.4 is 15.4 Å². The van der Waals surface area contributed by atoms with Crippen molar-refractivity contribution in [2.45, 2.75) is 18.9 Å². The van der Waals surface area contributed by atoms with Crippen molar-refractivity contribution in [3.8, 4) is 5.75 Å². The fraction of sp³-hybridized carbons (Fsp3) is 0.368. The van der Waals surface area contributed by atoms with E-state index in [9.17, 15) is 4.79 Å². The van der Waals surface area contributed by atoms with E-state index in [-0.39, 0.29) is 12.1 Å². The number of urea groups is 1. The minimum absolute atomic E-state index is 0.136. The lowest BCUT2D eigenvalue weighted by molar-refractivity contribution is 0.227. The Morgan fingerprint density at radius 1 is 1.28 bits per heavy atom. The molecule has 2 amide bonds. The van der Waals surface area contributed by atoms with E-state index in [0.29, 0.717) is 12.2 Å². The van der Waals surface area contributed by atoms with Gasteiger partial charge in [-0.15, -0.1) is 0 Å². The molecule has 2 aromatic rings. The first kappa shape index (κ1) is 17.2. The maximum Gasteiger partial charge on any atom is 0.319 e. The maximum atomic E-state index is 12.2. The number of nitrogens with one attached hydrogen (secondary N) is 2. The van der Waals surface area contributed by atoms with Crippen molar-refractivity contribution < 1.29 is 9.53 Å². The summed E-state index contributed by atoms with van der Waals surface area (Å²) in [4.78, 5) is 18.6. The van der Waals surface area contributed by atoms with Crippen LogP contribution in [0, 0.1) is 0 Å². The summed E-state index contributed by atoms with van der Waals surface area (Å²) in [6.07, 6.45) is 5.69. The summed E-state index contributed by atoms with van der Waals surface area (Å²) in [5.41, 5.74) is 1.84. The van der Waals surface area contributed by atoms with Gasteiger partial charge >= 0.3 is 6.03 Å². The molecule has 1 fully saturated rings. The molecular formula is C19H24N4O2. The van der Waals surface area contributed by atoms with Gasteiger partial charge in [-0.25, -0.2) is 4.79 Å². The van der Waals surface area contributed by atoms with Crippen LogP contribution in [0.4, 0.5) is 10.5 Å². The van der Waals surface area contributed by atoms with Crippen LogP contribution in [0.5, 0.6) is 5.75 Å². The quantitative estimate of drug-likeness (QED) is 0.848. The zero-order valence-corrected chi connectivity index (χ0v) is 14.4. The van der Waals surface area contributed by atoms with Gasteiger partial charge in [0.1, 0.15) is 5.75 Å². The number of aromatic nitrogens is 1. The van der Waals surface area contributed by atoms with Crippen LogP contribution in [0.15, 0.2) is 48.8 Å². The van der Waals surface area contributed by atoms with Crippen molar-refractivity contribution in [3.05, 3.63) is 54.4 Å². The first-order valence-electron chi connectivity index (χ1n) is 8.59. The number of anilines is 1. The zero-order valence-electron chi connectivity index (χ0n) is 14.4. The van der Waals surface area contributed by atoms with E-state index in [1.54, 1.807) is 25.6 Å². The third kappa shape index (κ3) is 4.70. The molecule has 0 bridgehead atoms. The van der Waals surface area contributed by atoms with Gasteiger partial charge in [-0.2, -0.15) is 0 Å². The second-order valence-electron chi connectivity index (χ2n) is 6.11. The molecule has 0 spiro atoms. The second-order valence-corrected chi connectivity index (χ2v) is 6.11. The number of methoxy groups -OCH3 is 1. The van der Waals surface area contributed by atoms with Crippen molar-refractivity contribution >= 4 is 11.7 Å². The van der Waals surface area contributed by atoms with Crippen LogP contribution in [0.2, 0.25) is 0 Å². The van der Waals surface area contributed by atoms with Crippen LogP contribution in [-0.2, 0) is 0 Å². The normalized spacial score (nSPS) is 15.6. The molecule has 3 rings (SSSR count). The number of amides is 2. The number of hydrogen-bond acceptors (Lipinski definition) is 4. The van der Waals surface area contributed by atoms with E-state index >= 15 is 0 Å². The second kappa shape index (κ2) is 8.48. The standard InChI is InChI=1S/C19H24N4O2/c1-25-17-8-4-6-15(12-17)18(23-10-2-3-11-23)14-21-19(24)22-16-7-5-9-20-13-16/h4-9,12-13,18H,2-3,10-11,14H2,1H3,(H2,21,22,24)/t18-/m1/s1. The summed E-state index contributed by atoms with van der Waals surface area (Å²) < 4.78 is 5.35. The smallest absolute Gasteiger partial charge is 0.319 e. The largest absolute Gasteiger partial charge is 0.497 e. The molecule has 0 radical (unpaired) electrons. The van der Waals surface area contributed by atoms with E-state index < -0.39 is 0 Å². The fourth-order valence-electron chi connectivity index (χ4n) is 3.16. The van der Waals surface area contributed by atoms with Gasteiger partial charge in [0, 0.05) is 12.7 Å². The molecule has 1 aromatic heterocycles. The van der Waals surface area contributed by atoms with Crippen molar-refractivity contribution in [3.63, 3.8) is 0 Å². The summed E-state index contributed by atoms with van der Waals surface area (Å²) >= 11 is 0. The molecule has 132 valence electrons. The molecule has 1 aliphatic heterocycles. The molecule has 2 heterocycles. The Labute approximate surface area is 148 Å². The van der Waals surface area contributed by atoms with Gasteiger partial charge < -0.3 is 15.4 Å². The highest BCUT2D eigenvalue weighted by Gasteiger charge is 2.24. The Morgan fingerprint density at radius 3 is 2.84 bits per heavy atom. The molecule has 1 saturated heterocycles. The molecule has 6 heteroatoms. The number of likely N-dealkylation sites (tertiary alicyclic amines) is 1. The van der Waals surface area contributed by atoms with Crippen LogP contribution in [-0.4, -0.2) is 42.7 Å². The molecule has 0 unspecified atom stereocenters. The molecule has 0 aliphatic carbocycles. The maximum absolute atomic E-state index is 12.2. The highest BCUT2D eigenvalue weighted by Crippen LogP contribution is 2.27. The molecule has 1 aliphatic rings. The number of carbonyl (C=O) groups excluding carboxylic acids is 1. The Hall–Kier alpha value is -2.60. The van der Waals surface area contributed by atoms with Gasteiger partial charge in [0.15, 0.2) is 0 Å². The number of pyridine rings is 1. The van der Waals surface area contributed by atoms with Crippen molar-refractivity contribution in [1.82, 2.24) is 15.2 Å². The summed E-state index contributed by atoms with van der Waals surface area (Å²) in [6.45, 7) is 2.64. The van der Waals surface area contributed by atoms with Gasteiger partial charge in [-0.1, -0.05) is 12.1 Å². The predicted molar refractivity (Wildman–Crippen MR) is 97.8 cm³/mol. The molecule has 0 saturated carbocycles. The monoisotopic (exact) mass is 340 g/mol. The van der Waals surface area contributed by atoms with Crippen LogP contribution in [0.1, 0.15) is 24.4 Å². The van der Waals surface area contributed by atoms with Crippen LogP contribution >= 0.6 is 0 Å². The van der Waals surface area contributed by atoms with Crippen molar-refractivity contribution in [1.29, 1.82) is 0 Å². The molecule has 25 heavy (non-hydrogen) atoms. The van der Waals surface area contributed by atoms with Crippen molar-refractivity contribution in [2.24, 2.45) is 0 Å². The summed E-state index contributed by atoms with van der Waals surface area (Å²) in [6, 6.07) is 11.6. The first-order valence-corrected chi connectivity index (χ1v) is 8.59. The summed E-state index contributed by atoms with van der Waals surface area (Å²) in [5, 5.41) is 5.79. The summed E-state index contributed by atoms with van der Waals surface area (Å²) in [5.74, 6) is 0.835. The molecular weight excluding hydrogens is 316 g/mol. The van der Waals surface area contributed by atoms with E-state index in [2.05, 4.69) is 26.6 Å². The minimum atomic E-state index is -0.222. The first-order chi connectivity index (χ1) is 12.3. The third-order valence-corrected chi connectivity index (χ3v) is 4.44. The van der Waals surface area contributed by atoms with Crippen molar-refractivity contribution in [2.75, 3.05) is 32.1 Å². The van der Waals surface area contributed by atoms with E-state index in [1.807, 2.05) is 24.3 Å². The Bertz CT molecular complexity index is 687. The summed E-state index contributed by atoms with van der Waals surface area (Å²) in [7, 11) is 1.67. The topological polar surface area (TPSA) is 66.5 Å². The highest BCUT2D eigenvalue weighted by atomic mass is 16.5. The Balaban J connectivity index is 1.66. The van der Waals surface area contributed by atoms with Gasteiger partial charge in [-0.3, -0.25) is 9.88 Å². The molecule has 1 atom stereocenters. The van der Waals surface area contributed by atoms with E-state index in [4.69, 9.17) is 4.74 Å². The number of hydrogen-bond donors (Lipinski definition) is 2. The zero-order chi connectivity index (χ0) is 17.5. The Morgan fingerprint density at radius 2 is 2.12 bits per heavy atom. The predicted octanol–water partition coefficient (Wildman–Crippen LogP) is 3.05. The number of carbonyl (C=O) groups is 1. The van der Waals surface area contributed by atoms with Gasteiger partial charge in [0.25, 0.3) is 0 Å². The fourth-order valence-corrected chi connectivity index (χ4v) is 3.16. The number of nitrogens with zero attached hydrogens (tertiary/aromatic N) is 2. The lowest BCUT2D eigenvalue weighted by Crippen LogP contribution is -2.38. The number of benzene rings is 1.